The predicted octanol–water partition coefficient (Wildman–Crippen LogP) is 13.0. The minimum absolute atomic E-state index is 0.0289. The predicted molar refractivity (Wildman–Crippen MR) is 191 cm³/mol. The summed E-state index contributed by atoms with van der Waals surface area (Å²) in [6.45, 7) is 25.6. The largest absolute Gasteiger partial charge is 0.462 e. The second-order valence-electron chi connectivity index (χ2n) is 19.8. The summed E-state index contributed by atoms with van der Waals surface area (Å²) in [7, 11) is 0. The second-order valence-corrected chi connectivity index (χ2v) is 19.8. The van der Waals surface area contributed by atoms with Gasteiger partial charge in [0, 0.05) is 11.8 Å². The highest BCUT2D eigenvalue weighted by Gasteiger charge is 2.71. The van der Waals surface area contributed by atoms with E-state index in [1.807, 2.05) is 5.57 Å². The van der Waals surface area contributed by atoms with Crippen molar-refractivity contribution in [1.29, 1.82) is 0 Å². The first-order valence-corrected chi connectivity index (χ1v) is 19.9. The topological polar surface area (TPSA) is 26.3 Å². The molecule has 0 aromatic heterocycles. The molecule has 4 saturated carbocycles. The normalized spacial score (nSPS) is 43.2. The van der Waals surface area contributed by atoms with Gasteiger partial charge in [0.15, 0.2) is 0 Å². The zero-order chi connectivity index (χ0) is 32.9. The Morgan fingerprint density at radius 2 is 1.36 bits per heavy atom. The molecular formula is C43H74O2. The van der Waals surface area contributed by atoms with Crippen LogP contribution in [0.5, 0.6) is 0 Å². The highest BCUT2D eigenvalue weighted by atomic mass is 16.5. The van der Waals surface area contributed by atoms with E-state index in [1.54, 1.807) is 0 Å². The van der Waals surface area contributed by atoms with Crippen molar-refractivity contribution in [1.82, 2.24) is 0 Å². The molecule has 0 aromatic rings. The monoisotopic (exact) mass is 623 g/mol. The number of carbonyl (C=O) groups is 1. The van der Waals surface area contributed by atoms with Gasteiger partial charge >= 0.3 is 5.97 Å². The van der Waals surface area contributed by atoms with Crippen LogP contribution in [0, 0.1) is 49.7 Å². The van der Waals surface area contributed by atoms with Crippen LogP contribution >= 0.6 is 0 Å². The SMILES string of the molecule is CCCCCCCCCCCC(=O)O[C@H]1CC[C@]2(C)C3CC=C4C5CC(C)(C)CC[C@]5(C)CCC4(C)[C@]3(C)CCC2(C)C1(C)C. The first-order valence-electron chi connectivity index (χ1n) is 19.9. The molecule has 0 saturated heterocycles. The summed E-state index contributed by atoms with van der Waals surface area (Å²) in [6.07, 6.45) is 28.0. The van der Waals surface area contributed by atoms with Gasteiger partial charge in [-0.05, 0) is 115 Å². The molecule has 0 heterocycles. The van der Waals surface area contributed by atoms with Gasteiger partial charge in [0.1, 0.15) is 6.10 Å². The van der Waals surface area contributed by atoms with Crippen LogP contribution in [-0.2, 0) is 9.53 Å². The highest BCUT2D eigenvalue weighted by molar-refractivity contribution is 5.69. The van der Waals surface area contributed by atoms with Crippen LogP contribution in [-0.4, -0.2) is 12.1 Å². The van der Waals surface area contributed by atoms with E-state index in [-0.39, 0.29) is 28.3 Å². The Labute approximate surface area is 280 Å². The molecule has 5 aliphatic carbocycles. The van der Waals surface area contributed by atoms with Crippen molar-refractivity contribution in [3.05, 3.63) is 11.6 Å². The Hall–Kier alpha value is -0.790. The van der Waals surface area contributed by atoms with E-state index in [0.717, 1.165) is 18.8 Å². The average molecular weight is 623 g/mol. The Balaban J connectivity index is 1.26. The van der Waals surface area contributed by atoms with Crippen molar-refractivity contribution < 1.29 is 9.53 Å². The third-order valence-electron chi connectivity index (χ3n) is 16.9. The molecule has 0 radical (unpaired) electrons. The van der Waals surface area contributed by atoms with Gasteiger partial charge in [-0.2, -0.15) is 0 Å². The third-order valence-corrected chi connectivity index (χ3v) is 16.9. The van der Waals surface area contributed by atoms with E-state index in [0.29, 0.717) is 34.0 Å². The van der Waals surface area contributed by atoms with E-state index in [9.17, 15) is 4.79 Å². The summed E-state index contributed by atoms with van der Waals surface area (Å²) in [4.78, 5) is 13.2. The number of fused-ring (bicyclic) bond motifs is 7. The second kappa shape index (κ2) is 12.6. The number of hydrogen-bond donors (Lipinski definition) is 0. The quantitative estimate of drug-likeness (QED) is 0.130. The third kappa shape index (κ3) is 5.83. The first kappa shape index (κ1) is 35.5. The molecule has 0 aliphatic heterocycles. The van der Waals surface area contributed by atoms with E-state index in [4.69, 9.17) is 4.74 Å². The maximum atomic E-state index is 13.2. The summed E-state index contributed by atoms with van der Waals surface area (Å²) in [5.74, 6) is 1.51. The lowest BCUT2D eigenvalue weighted by Crippen LogP contribution is -2.68. The molecule has 0 bridgehead atoms. The van der Waals surface area contributed by atoms with Crippen LogP contribution in [0.15, 0.2) is 11.6 Å². The number of rotatable bonds is 11. The summed E-state index contributed by atoms with van der Waals surface area (Å²) in [5.41, 5.74) is 3.85. The first-order chi connectivity index (χ1) is 21.0. The molecule has 8 atom stereocenters. The van der Waals surface area contributed by atoms with Gasteiger partial charge in [-0.3, -0.25) is 4.79 Å². The minimum Gasteiger partial charge on any atom is -0.462 e. The molecule has 0 spiro atoms. The molecule has 2 nitrogen and oxygen atoms in total. The summed E-state index contributed by atoms with van der Waals surface area (Å²) in [5, 5.41) is 0. The van der Waals surface area contributed by atoms with Gasteiger partial charge in [-0.25, -0.2) is 0 Å². The van der Waals surface area contributed by atoms with Crippen molar-refractivity contribution in [2.75, 3.05) is 0 Å². The Kier molecular flexibility index (Phi) is 9.93. The fraction of sp³-hybridized carbons (Fsp3) is 0.930. The number of esters is 1. The van der Waals surface area contributed by atoms with Gasteiger partial charge in [0.25, 0.3) is 0 Å². The van der Waals surface area contributed by atoms with Crippen LogP contribution < -0.4 is 0 Å². The van der Waals surface area contributed by atoms with Crippen LogP contribution in [0.4, 0.5) is 0 Å². The maximum Gasteiger partial charge on any atom is 0.306 e. The maximum absolute atomic E-state index is 13.2. The Morgan fingerprint density at radius 3 is 2.02 bits per heavy atom. The molecule has 45 heavy (non-hydrogen) atoms. The van der Waals surface area contributed by atoms with E-state index in [2.05, 4.69) is 75.3 Å². The molecule has 2 heteroatoms. The Morgan fingerprint density at radius 1 is 0.733 bits per heavy atom. The lowest BCUT2D eigenvalue weighted by Gasteiger charge is -2.74. The summed E-state index contributed by atoms with van der Waals surface area (Å²) < 4.78 is 6.44. The van der Waals surface area contributed by atoms with E-state index >= 15 is 0 Å². The van der Waals surface area contributed by atoms with Gasteiger partial charge in [-0.15, -0.1) is 0 Å². The zero-order valence-corrected chi connectivity index (χ0v) is 31.8. The number of allylic oxidation sites excluding steroid dienone is 2. The number of carbonyl (C=O) groups excluding carboxylic acids is 1. The standard InChI is InChI=1S/C43H74O2/c1-11-12-13-14-15-16-17-18-19-20-36(44)45-35-23-24-42(9)34-22-21-32-33-31-37(2,3)25-26-39(33,6)27-28-40(32,7)41(34,8)29-30-43(42,10)38(35,4)5/h21,33-35H,11-20,22-31H2,1-10H3/t33?,34?,35-,39+,40?,41+,42+,43?/m0/s1. The van der Waals surface area contributed by atoms with Gasteiger partial charge in [0.05, 0.1) is 0 Å². The zero-order valence-electron chi connectivity index (χ0n) is 31.8. The molecule has 4 fully saturated rings. The lowest BCUT2D eigenvalue weighted by molar-refractivity contribution is -0.254. The smallest absolute Gasteiger partial charge is 0.306 e. The molecule has 5 rings (SSSR count). The summed E-state index contributed by atoms with van der Waals surface area (Å²) in [6, 6.07) is 0. The number of unbranched alkanes of at least 4 members (excludes halogenated alkanes) is 8. The minimum atomic E-state index is -0.0289. The van der Waals surface area contributed by atoms with Crippen molar-refractivity contribution in [3.8, 4) is 0 Å². The van der Waals surface area contributed by atoms with Crippen molar-refractivity contribution in [2.45, 2.75) is 204 Å². The molecule has 4 unspecified atom stereocenters. The molecule has 0 amide bonds. The highest BCUT2D eigenvalue weighted by Crippen LogP contribution is 2.78. The molecule has 0 aromatic carbocycles. The van der Waals surface area contributed by atoms with Gasteiger partial charge < -0.3 is 4.74 Å². The molecule has 258 valence electrons. The van der Waals surface area contributed by atoms with Crippen LogP contribution in [0.2, 0.25) is 0 Å². The van der Waals surface area contributed by atoms with Crippen molar-refractivity contribution in [2.24, 2.45) is 49.7 Å². The van der Waals surface area contributed by atoms with E-state index in [1.165, 1.54) is 109 Å². The molecule has 5 aliphatic rings. The van der Waals surface area contributed by atoms with Crippen molar-refractivity contribution in [3.63, 3.8) is 0 Å². The fourth-order valence-electron chi connectivity index (χ4n) is 12.7. The van der Waals surface area contributed by atoms with Gasteiger partial charge in [0.2, 0.25) is 0 Å². The molecular weight excluding hydrogens is 548 g/mol. The summed E-state index contributed by atoms with van der Waals surface area (Å²) >= 11 is 0. The fourth-order valence-corrected chi connectivity index (χ4v) is 12.7. The number of ether oxygens (including phenoxy) is 1. The van der Waals surface area contributed by atoms with Crippen LogP contribution in [0.3, 0.4) is 0 Å². The lowest BCUT2D eigenvalue weighted by atomic mass is 9.30. The van der Waals surface area contributed by atoms with Gasteiger partial charge in [-0.1, -0.05) is 132 Å². The van der Waals surface area contributed by atoms with E-state index < -0.39 is 0 Å². The molecule has 0 N–H and O–H groups in total. The Bertz CT molecular complexity index is 1100. The van der Waals surface area contributed by atoms with Crippen LogP contribution in [0.1, 0.15) is 198 Å². The van der Waals surface area contributed by atoms with Crippen molar-refractivity contribution >= 4 is 5.97 Å². The average Bonchev–Trinajstić information content (AvgIpc) is 2.97. The number of hydrogen-bond acceptors (Lipinski definition) is 2. The van der Waals surface area contributed by atoms with Crippen LogP contribution in [0.25, 0.3) is 0 Å².